The number of halogens is 1. The Labute approximate surface area is 147 Å². The third kappa shape index (κ3) is 3.86. The maximum Gasteiger partial charge on any atom is 0.0929 e. The van der Waals surface area contributed by atoms with Crippen LogP contribution in [0.5, 0.6) is 0 Å². The molecule has 2 aromatic rings. The monoisotopic (exact) mass is 423 g/mol. The zero-order chi connectivity index (χ0) is 15.2. The Hall–Kier alpha value is -0.970. The van der Waals surface area contributed by atoms with Gasteiger partial charge in [0.1, 0.15) is 0 Å². The fourth-order valence-corrected chi connectivity index (χ4v) is 3.30. The summed E-state index contributed by atoms with van der Waals surface area (Å²) in [5, 5.41) is 6.24. The number of imidazole rings is 1. The van der Waals surface area contributed by atoms with Crippen LogP contribution < -0.4 is 5.32 Å². The molecule has 0 saturated carbocycles. The molecule has 4 rings (SSSR count). The van der Waals surface area contributed by atoms with Gasteiger partial charge in [0.25, 0.3) is 0 Å². The van der Waals surface area contributed by atoms with Crippen molar-refractivity contribution in [3.63, 3.8) is 0 Å². The molecule has 5 heteroatoms. The summed E-state index contributed by atoms with van der Waals surface area (Å²) in [6.07, 6.45) is 6.66. The van der Waals surface area contributed by atoms with Crippen molar-refractivity contribution in [2.45, 2.75) is 25.7 Å². The minimum Gasteiger partial charge on any atom is -0.348 e. The lowest BCUT2D eigenvalue weighted by Gasteiger charge is -2.15. The summed E-state index contributed by atoms with van der Waals surface area (Å²) in [5.74, 6) is 3.14. The zero-order valence-corrected chi connectivity index (χ0v) is 15.3. The van der Waals surface area contributed by atoms with Crippen LogP contribution >= 0.6 is 30.1 Å². The lowest BCUT2D eigenvalue weighted by Crippen LogP contribution is -2.03. The first-order valence-corrected chi connectivity index (χ1v) is 10.9. The van der Waals surface area contributed by atoms with Gasteiger partial charge in [-0.05, 0) is 70.7 Å². The third-order valence-electron chi connectivity index (χ3n) is 3.91. The predicted octanol–water partition coefficient (Wildman–Crippen LogP) is 3.94. The predicted molar refractivity (Wildman–Crippen MR) is 102 cm³/mol. The normalized spacial score (nSPS) is 15.0. The first-order valence-electron chi connectivity index (χ1n) is 7.53. The Kier molecular flexibility index (Phi) is 5.82. The molecule has 0 unspecified atom stereocenters. The zero-order valence-electron chi connectivity index (χ0n) is 12.3. The number of aryl methyl sites for hydroxylation is 2. The summed E-state index contributed by atoms with van der Waals surface area (Å²) in [5.41, 5.74) is 6.05. The van der Waals surface area contributed by atoms with Crippen molar-refractivity contribution in [2.24, 2.45) is 0 Å². The summed E-state index contributed by atoms with van der Waals surface area (Å²) in [7, 11) is 1.52. The van der Waals surface area contributed by atoms with Gasteiger partial charge in [0.15, 0.2) is 0 Å². The average Bonchev–Trinajstić information content (AvgIpc) is 3.26. The van der Waals surface area contributed by atoms with Gasteiger partial charge in [-0.1, -0.05) is 12.0 Å². The molecule has 1 aliphatic heterocycles. The van der Waals surface area contributed by atoms with Crippen LogP contribution in [-0.2, 0) is 12.8 Å². The van der Waals surface area contributed by atoms with E-state index in [1.807, 2.05) is 0 Å². The number of hydrogen-bond donors (Lipinski definition) is 2. The molecule has 22 heavy (non-hydrogen) atoms. The van der Waals surface area contributed by atoms with Gasteiger partial charge in [-0.15, -0.1) is 0 Å². The molecule has 1 fully saturated rings. The maximum absolute atomic E-state index is 4.39. The van der Waals surface area contributed by atoms with Crippen LogP contribution in [0.25, 0.3) is 11.3 Å². The number of benzene rings is 1. The van der Waals surface area contributed by atoms with E-state index in [0.29, 0.717) is 0 Å². The molecule has 2 aliphatic rings. The number of nitrogens with one attached hydrogen (secondary N) is 2. The van der Waals surface area contributed by atoms with Gasteiger partial charge in [0.05, 0.1) is 12.0 Å². The standard InChI is InChI=1S/C13H9IN2S.C4H9N/c14-17-6-5-9-1-3-11-10(7-9)2-4-12-13(11)16-8-15-12;1-2-4-5-3-1/h1,3,7-8H,2,4H2,(H,15,16);5H,1-4H2. The maximum atomic E-state index is 4.39. The van der Waals surface area contributed by atoms with Gasteiger partial charge >= 0.3 is 0 Å². The minimum atomic E-state index is 1.04. The second kappa shape index (κ2) is 8.04. The molecule has 0 atom stereocenters. The van der Waals surface area contributed by atoms with E-state index in [0.717, 1.165) is 24.1 Å². The summed E-state index contributed by atoms with van der Waals surface area (Å²) in [6, 6.07) is 6.39. The van der Waals surface area contributed by atoms with E-state index in [4.69, 9.17) is 0 Å². The quantitative estimate of drug-likeness (QED) is 0.498. The lowest BCUT2D eigenvalue weighted by atomic mass is 9.91. The fraction of sp³-hybridized carbons (Fsp3) is 0.353. The largest absolute Gasteiger partial charge is 0.348 e. The van der Waals surface area contributed by atoms with Crippen LogP contribution in [0.1, 0.15) is 29.7 Å². The topological polar surface area (TPSA) is 40.7 Å². The molecule has 1 aromatic carbocycles. The molecular formula is C17H18IN3S. The summed E-state index contributed by atoms with van der Waals surface area (Å²) in [6.45, 7) is 2.50. The van der Waals surface area contributed by atoms with Crippen LogP contribution in [0.4, 0.5) is 0 Å². The molecule has 1 aromatic heterocycles. The van der Waals surface area contributed by atoms with Crippen LogP contribution in [0.2, 0.25) is 0 Å². The number of aromatic amines is 1. The van der Waals surface area contributed by atoms with E-state index in [9.17, 15) is 0 Å². The molecule has 3 nitrogen and oxygen atoms in total. The summed E-state index contributed by atoms with van der Waals surface area (Å²) < 4.78 is 0. The minimum absolute atomic E-state index is 1.04. The molecule has 0 spiro atoms. The van der Waals surface area contributed by atoms with Crippen LogP contribution in [0, 0.1) is 11.2 Å². The lowest BCUT2D eigenvalue weighted by molar-refractivity contribution is 0.857. The van der Waals surface area contributed by atoms with Gasteiger partial charge < -0.3 is 10.3 Å². The van der Waals surface area contributed by atoms with E-state index >= 15 is 0 Å². The highest BCUT2D eigenvalue weighted by Gasteiger charge is 2.17. The van der Waals surface area contributed by atoms with Crippen LogP contribution in [0.3, 0.4) is 0 Å². The second-order valence-electron chi connectivity index (χ2n) is 5.36. The molecule has 2 heterocycles. The van der Waals surface area contributed by atoms with Crippen molar-refractivity contribution < 1.29 is 0 Å². The number of hydrogen-bond acceptors (Lipinski definition) is 3. The molecule has 0 radical (unpaired) electrons. The Bertz CT molecular complexity index is 688. The van der Waals surface area contributed by atoms with Crippen molar-refractivity contribution in [3.05, 3.63) is 41.3 Å². The number of nitrogens with zero attached hydrogens (tertiary/aromatic N) is 1. The highest BCUT2D eigenvalue weighted by atomic mass is 127. The Morgan fingerprint density at radius 3 is 2.77 bits per heavy atom. The molecule has 2 N–H and O–H groups in total. The number of aromatic nitrogens is 2. The third-order valence-corrected chi connectivity index (χ3v) is 4.75. The summed E-state index contributed by atoms with van der Waals surface area (Å²) in [4.78, 5) is 7.60. The van der Waals surface area contributed by atoms with Crippen LogP contribution in [0.15, 0.2) is 24.5 Å². The Morgan fingerprint density at radius 2 is 2.05 bits per heavy atom. The van der Waals surface area contributed by atoms with Gasteiger partial charge in [-0.2, -0.15) is 0 Å². The molecule has 1 aliphatic carbocycles. The SMILES string of the molecule is C1CCNC1.ISC#Cc1ccc2c(c1)CCc1[nH]cnc1-2. The number of H-pyrrole nitrogens is 1. The van der Waals surface area contributed by atoms with E-state index in [1.54, 1.807) is 6.33 Å². The van der Waals surface area contributed by atoms with E-state index < -0.39 is 0 Å². The molecule has 1 saturated heterocycles. The Morgan fingerprint density at radius 1 is 1.18 bits per heavy atom. The first kappa shape index (κ1) is 15.9. The highest BCUT2D eigenvalue weighted by molar-refractivity contribution is 14.2. The fourth-order valence-electron chi connectivity index (χ4n) is 2.82. The van der Waals surface area contributed by atoms with Crippen molar-refractivity contribution >= 4 is 30.1 Å². The van der Waals surface area contributed by atoms with Crippen molar-refractivity contribution in [1.29, 1.82) is 0 Å². The molecular weight excluding hydrogens is 405 g/mol. The molecule has 114 valence electrons. The van der Waals surface area contributed by atoms with Gasteiger partial charge in [-0.3, -0.25) is 0 Å². The first-order chi connectivity index (χ1) is 10.9. The second-order valence-corrected chi connectivity index (χ2v) is 7.04. The van der Waals surface area contributed by atoms with Gasteiger partial charge in [-0.25, -0.2) is 4.98 Å². The van der Waals surface area contributed by atoms with E-state index in [-0.39, 0.29) is 0 Å². The van der Waals surface area contributed by atoms with Crippen molar-refractivity contribution in [2.75, 3.05) is 13.1 Å². The highest BCUT2D eigenvalue weighted by Crippen LogP contribution is 2.31. The van der Waals surface area contributed by atoms with E-state index in [2.05, 4.69) is 65.9 Å². The van der Waals surface area contributed by atoms with Crippen LogP contribution in [-0.4, -0.2) is 23.1 Å². The Balaban J connectivity index is 0.000000246. The smallest absolute Gasteiger partial charge is 0.0929 e. The van der Waals surface area contributed by atoms with Gasteiger partial charge in [0.2, 0.25) is 0 Å². The number of rotatable bonds is 0. The van der Waals surface area contributed by atoms with Crippen molar-refractivity contribution in [1.82, 2.24) is 15.3 Å². The van der Waals surface area contributed by atoms with Crippen molar-refractivity contribution in [3.8, 4) is 22.4 Å². The van der Waals surface area contributed by atoms with E-state index in [1.165, 1.54) is 51.7 Å². The molecule has 0 amide bonds. The molecule has 0 bridgehead atoms. The van der Waals surface area contributed by atoms with Gasteiger partial charge in [0, 0.05) is 38.0 Å². The summed E-state index contributed by atoms with van der Waals surface area (Å²) >= 11 is 2.19. The average molecular weight is 423 g/mol. The number of fused-ring (bicyclic) bond motifs is 3.